The Morgan fingerprint density at radius 1 is 1.11 bits per heavy atom. The predicted octanol–water partition coefficient (Wildman–Crippen LogP) is 3.86. The van der Waals surface area contributed by atoms with E-state index in [1.54, 1.807) is 4.90 Å². The molecule has 1 fully saturated rings. The van der Waals surface area contributed by atoms with Crippen molar-refractivity contribution in [3.8, 4) is 0 Å². The van der Waals surface area contributed by atoms with Gasteiger partial charge in [0.25, 0.3) is 5.91 Å². The van der Waals surface area contributed by atoms with Crippen molar-refractivity contribution in [3.63, 3.8) is 0 Å². The van der Waals surface area contributed by atoms with Crippen LogP contribution >= 0.6 is 0 Å². The van der Waals surface area contributed by atoms with Gasteiger partial charge in [0.2, 0.25) is 0 Å². The molecule has 2 aromatic rings. The highest BCUT2D eigenvalue weighted by Gasteiger charge is 2.52. The highest BCUT2D eigenvalue weighted by molar-refractivity contribution is 6.20. The molecule has 0 spiro atoms. The standard InChI is InChI=1S/C26H30FN5O3/c1-16(31(4)5)21(17-9-7-6-8-10-17)35-25(34)32-15-20-22(26(32,2)3)29-30-23(20)28-24(33)18-11-13-19(27)14-12-18/h6-14,16,20-21H,15H2,1-5H3,(H,28,30,33)/t16-,20?,21+/m0/s1. The molecule has 0 radical (unpaired) electrons. The number of likely N-dealkylation sites (N-methyl/N-ethyl adjacent to an activating group) is 1. The molecule has 184 valence electrons. The molecule has 35 heavy (non-hydrogen) atoms. The van der Waals surface area contributed by atoms with Crippen LogP contribution < -0.4 is 5.32 Å². The van der Waals surface area contributed by atoms with Crippen LogP contribution in [0.15, 0.2) is 64.8 Å². The molecule has 8 nitrogen and oxygen atoms in total. The highest BCUT2D eigenvalue weighted by atomic mass is 19.1. The van der Waals surface area contributed by atoms with Gasteiger partial charge in [0.05, 0.1) is 17.2 Å². The van der Waals surface area contributed by atoms with E-state index >= 15 is 0 Å². The van der Waals surface area contributed by atoms with E-state index in [1.165, 1.54) is 24.3 Å². The molecule has 0 bridgehead atoms. The minimum atomic E-state index is -0.754. The smallest absolute Gasteiger partial charge is 0.411 e. The molecule has 3 atom stereocenters. The first-order chi connectivity index (χ1) is 16.6. The molecule has 4 rings (SSSR count). The van der Waals surface area contributed by atoms with Crippen molar-refractivity contribution in [2.24, 2.45) is 16.1 Å². The summed E-state index contributed by atoms with van der Waals surface area (Å²) in [5.41, 5.74) is 1.14. The Bertz CT molecular complexity index is 1160. The van der Waals surface area contributed by atoms with Gasteiger partial charge in [0.1, 0.15) is 17.8 Å². The van der Waals surface area contributed by atoms with Gasteiger partial charge in [0.15, 0.2) is 0 Å². The fourth-order valence-electron chi connectivity index (χ4n) is 4.38. The van der Waals surface area contributed by atoms with Gasteiger partial charge >= 0.3 is 6.09 Å². The van der Waals surface area contributed by atoms with Gasteiger partial charge in [-0.05, 0) is 64.7 Å². The summed E-state index contributed by atoms with van der Waals surface area (Å²) in [5.74, 6) is -0.834. The molecule has 1 unspecified atom stereocenters. The van der Waals surface area contributed by atoms with E-state index in [2.05, 4.69) is 15.5 Å². The maximum atomic E-state index is 13.5. The fraction of sp³-hybridized carbons (Fsp3) is 0.385. The number of hydrogen-bond acceptors (Lipinski definition) is 6. The van der Waals surface area contributed by atoms with Crippen LogP contribution in [0.4, 0.5) is 9.18 Å². The van der Waals surface area contributed by atoms with Gasteiger partial charge in [-0.25, -0.2) is 9.18 Å². The minimum absolute atomic E-state index is 0.0592. The van der Waals surface area contributed by atoms with Gasteiger partial charge in [0, 0.05) is 18.2 Å². The number of amides is 2. The summed E-state index contributed by atoms with van der Waals surface area (Å²) in [6.07, 6.45) is -0.929. The third kappa shape index (κ3) is 4.81. The van der Waals surface area contributed by atoms with Crippen LogP contribution in [0.1, 0.15) is 42.8 Å². The molecule has 2 amide bonds. The lowest BCUT2D eigenvalue weighted by atomic mass is 9.93. The molecular weight excluding hydrogens is 449 g/mol. The molecule has 0 aliphatic carbocycles. The van der Waals surface area contributed by atoms with E-state index in [-0.39, 0.29) is 18.5 Å². The first-order valence-corrected chi connectivity index (χ1v) is 11.5. The fourth-order valence-corrected chi connectivity index (χ4v) is 4.38. The van der Waals surface area contributed by atoms with Crippen LogP contribution in [0, 0.1) is 11.7 Å². The Labute approximate surface area is 204 Å². The average molecular weight is 480 g/mol. The number of amidine groups is 1. The van der Waals surface area contributed by atoms with Crippen LogP contribution in [-0.2, 0) is 4.74 Å². The number of halogens is 1. The molecule has 2 heterocycles. The number of ether oxygens (including phenoxy) is 1. The van der Waals surface area contributed by atoms with Crippen molar-refractivity contribution in [2.75, 3.05) is 20.6 Å². The van der Waals surface area contributed by atoms with Gasteiger partial charge in [-0.3, -0.25) is 9.69 Å². The largest absolute Gasteiger partial charge is 0.440 e. The van der Waals surface area contributed by atoms with Crippen molar-refractivity contribution in [1.82, 2.24) is 15.1 Å². The number of likely N-dealkylation sites (tertiary alicyclic amines) is 1. The summed E-state index contributed by atoms with van der Waals surface area (Å²) in [6, 6.07) is 14.9. The molecular formula is C26H30FN5O3. The Morgan fingerprint density at radius 2 is 1.77 bits per heavy atom. The number of carbonyl (C=O) groups is 2. The lowest BCUT2D eigenvalue weighted by molar-refractivity contribution is 0.0187. The molecule has 2 aliphatic heterocycles. The monoisotopic (exact) mass is 479 g/mol. The van der Waals surface area contributed by atoms with Crippen LogP contribution in [0.25, 0.3) is 0 Å². The van der Waals surface area contributed by atoms with Crippen molar-refractivity contribution in [3.05, 3.63) is 71.5 Å². The van der Waals surface area contributed by atoms with E-state index < -0.39 is 29.5 Å². The van der Waals surface area contributed by atoms with Crippen molar-refractivity contribution >= 4 is 23.5 Å². The number of rotatable bonds is 5. The molecule has 2 aliphatic rings. The zero-order valence-corrected chi connectivity index (χ0v) is 20.5. The average Bonchev–Trinajstić information content (AvgIpc) is 3.35. The van der Waals surface area contributed by atoms with E-state index in [4.69, 9.17) is 4.74 Å². The van der Waals surface area contributed by atoms with Gasteiger partial charge in [-0.2, -0.15) is 5.10 Å². The third-order valence-electron chi connectivity index (χ3n) is 6.77. The summed E-state index contributed by atoms with van der Waals surface area (Å²) >= 11 is 0. The summed E-state index contributed by atoms with van der Waals surface area (Å²) < 4.78 is 19.3. The van der Waals surface area contributed by atoms with Crippen LogP contribution in [0.3, 0.4) is 0 Å². The second-order valence-electron chi connectivity index (χ2n) is 9.57. The highest BCUT2D eigenvalue weighted by Crippen LogP contribution is 2.36. The Balaban J connectivity index is 1.50. The lowest BCUT2D eigenvalue weighted by Gasteiger charge is -2.35. The minimum Gasteiger partial charge on any atom is -0.440 e. The van der Waals surface area contributed by atoms with Crippen molar-refractivity contribution < 1.29 is 18.7 Å². The maximum Gasteiger partial charge on any atom is 0.411 e. The van der Waals surface area contributed by atoms with E-state index in [1.807, 2.05) is 70.1 Å². The summed E-state index contributed by atoms with van der Waals surface area (Å²) in [7, 11) is 3.89. The first kappa shape index (κ1) is 24.5. The summed E-state index contributed by atoms with van der Waals surface area (Å²) in [6.45, 7) is 6.06. The number of nitrogens with one attached hydrogen (secondary N) is 1. The van der Waals surface area contributed by atoms with Crippen molar-refractivity contribution in [2.45, 2.75) is 38.5 Å². The Morgan fingerprint density at radius 3 is 2.40 bits per heavy atom. The second-order valence-corrected chi connectivity index (χ2v) is 9.57. The molecule has 1 saturated heterocycles. The van der Waals surface area contributed by atoms with Crippen molar-refractivity contribution in [1.29, 1.82) is 0 Å². The molecule has 9 heteroatoms. The number of fused-ring (bicyclic) bond motifs is 1. The molecule has 0 aromatic heterocycles. The van der Waals surface area contributed by atoms with Gasteiger partial charge in [-0.1, -0.05) is 30.3 Å². The molecule has 2 aromatic carbocycles. The van der Waals surface area contributed by atoms with E-state index in [0.29, 0.717) is 17.1 Å². The number of hydrogen-bond donors (Lipinski definition) is 1. The Kier molecular flexibility index (Phi) is 6.71. The number of carbonyl (C=O) groups excluding carboxylic acids is 2. The topological polar surface area (TPSA) is 86.6 Å². The third-order valence-corrected chi connectivity index (χ3v) is 6.77. The predicted molar refractivity (Wildman–Crippen MR) is 132 cm³/mol. The molecule has 1 N–H and O–H groups in total. The zero-order valence-electron chi connectivity index (χ0n) is 20.5. The second kappa shape index (κ2) is 9.58. The summed E-state index contributed by atoms with van der Waals surface area (Å²) in [5, 5.41) is 11.2. The SMILES string of the molecule is C[C@@H]([C@@H](OC(=O)N1CC2C(NC(=O)c3ccc(F)cc3)=NN=C2C1(C)C)c1ccccc1)N(C)C. The van der Waals surface area contributed by atoms with E-state index in [0.717, 1.165) is 5.56 Å². The number of benzene rings is 2. The van der Waals surface area contributed by atoms with Crippen LogP contribution in [0.2, 0.25) is 0 Å². The van der Waals surface area contributed by atoms with Gasteiger partial charge in [-0.15, -0.1) is 5.10 Å². The maximum absolute atomic E-state index is 13.5. The quantitative estimate of drug-likeness (QED) is 0.706. The Hall–Kier alpha value is -3.59. The first-order valence-electron chi connectivity index (χ1n) is 11.5. The van der Waals surface area contributed by atoms with Gasteiger partial charge < -0.3 is 15.0 Å². The van der Waals surface area contributed by atoms with E-state index in [9.17, 15) is 14.0 Å². The summed E-state index contributed by atoms with van der Waals surface area (Å²) in [4.78, 5) is 29.7. The normalized spacial score (nSPS) is 20.1. The zero-order chi connectivity index (χ0) is 25.3. The van der Waals surface area contributed by atoms with Crippen LogP contribution in [0.5, 0.6) is 0 Å². The van der Waals surface area contributed by atoms with Crippen LogP contribution in [-0.4, -0.2) is 65.6 Å². The number of nitrogens with zero attached hydrogens (tertiary/aromatic N) is 4. The molecule has 0 saturated carbocycles. The lowest BCUT2D eigenvalue weighted by Crippen LogP contribution is -2.47.